The highest BCUT2D eigenvalue weighted by Crippen LogP contribution is 1.78. The minimum Gasteiger partial charge on any atom is -0.283 e. The maximum absolute atomic E-state index is 9.27. The number of rotatable bonds is 1. The molecule has 0 saturated heterocycles. The van der Waals surface area contributed by atoms with E-state index in [4.69, 9.17) is 10.7 Å². The molecule has 0 aromatic carbocycles. The van der Waals surface area contributed by atoms with Gasteiger partial charge in [0.2, 0.25) is 0 Å². The van der Waals surface area contributed by atoms with Gasteiger partial charge in [-0.25, -0.2) is 0 Å². The van der Waals surface area contributed by atoms with Crippen molar-refractivity contribution < 1.29 is 0 Å². The lowest BCUT2D eigenvalue weighted by atomic mass is 10.4. The van der Waals surface area contributed by atoms with E-state index in [1.54, 1.807) is 6.07 Å². The van der Waals surface area contributed by atoms with Crippen molar-refractivity contribution in [3.63, 3.8) is 0 Å². The first-order chi connectivity index (χ1) is 3.31. The summed E-state index contributed by atoms with van der Waals surface area (Å²) in [5, 5.41) is 16.4. The van der Waals surface area contributed by atoms with Gasteiger partial charge in [0.1, 0.15) is 0 Å². The van der Waals surface area contributed by atoms with Gasteiger partial charge in [-0.3, -0.25) is 5.41 Å². The summed E-state index contributed by atoms with van der Waals surface area (Å²) in [6, 6.07) is 1.60. The van der Waals surface area contributed by atoms with E-state index >= 15 is 0 Å². The largest absolute Gasteiger partial charge is 0.283 e. The molecule has 7 heavy (non-hydrogen) atoms. The molecule has 0 amide bonds. The monoisotopic (exact) mass is 97.0 g/mol. The van der Waals surface area contributed by atoms with Crippen LogP contribution in [0.15, 0.2) is 5.18 Å². The van der Waals surface area contributed by atoms with Crippen molar-refractivity contribution in [3.05, 3.63) is 4.91 Å². The van der Waals surface area contributed by atoms with Crippen LogP contribution in [0, 0.1) is 21.6 Å². The molecule has 0 aliphatic carbocycles. The van der Waals surface area contributed by atoms with Gasteiger partial charge >= 0.3 is 0 Å². The Hall–Kier alpha value is -1.24. The summed E-state index contributed by atoms with van der Waals surface area (Å²) in [6.07, 6.45) is -0.191. The Bertz CT molecular complexity index is 123. The summed E-state index contributed by atoms with van der Waals surface area (Å²) < 4.78 is 0. The van der Waals surface area contributed by atoms with Crippen molar-refractivity contribution >= 4 is 5.84 Å². The fourth-order valence-corrected chi connectivity index (χ4v) is 0.107. The molecular weight excluding hydrogens is 94.1 g/mol. The second-order valence-electron chi connectivity index (χ2n) is 0.873. The summed E-state index contributed by atoms with van der Waals surface area (Å²) in [5.74, 6) is -0.414. The summed E-state index contributed by atoms with van der Waals surface area (Å²) >= 11 is 0. The number of nitrogens with one attached hydrogen (secondary N) is 1. The predicted octanol–water partition coefficient (Wildman–Crippen LogP) is 0.644. The van der Waals surface area contributed by atoms with Gasteiger partial charge in [0, 0.05) is 0 Å². The molecule has 0 saturated carbocycles. The number of hydrogen-bond donors (Lipinski definition) is 1. The standard InChI is InChI=1S/C3H3N3O/c4-2-1-3(5)6-7/h5H,1H2. The highest BCUT2D eigenvalue weighted by Gasteiger charge is 1.88. The molecule has 0 bridgehead atoms. The average molecular weight is 97.1 g/mol. The Morgan fingerprint density at radius 1 is 2.00 bits per heavy atom. The Kier molecular flexibility index (Phi) is 2.44. The van der Waals surface area contributed by atoms with Crippen LogP contribution in [0.3, 0.4) is 0 Å². The summed E-state index contributed by atoms with van der Waals surface area (Å²) in [4.78, 5) is 9.27. The predicted molar refractivity (Wildman–Crippen MR) is 23.8 cm³/mol. The van der Waals surface area contributed by atoms with Crippen LogP contribution in [0.1, 0.15) is 6.42 Å². The van der Waals surface area contributed by atoms with E-state index in [1.807, 2.05) is 0 Å². The lowest BCUT2D eigenvalue weighted by molar-refractivity contribution is 1.30. The highest BCUT2D eigenvalue weighted by atomic mass is 16.3. The van der Waals surface area contributed by atoms with Gasteiger partial charge in [0.15, 0.2) is 5.84 Å². The van der Waals surface area contributed by atoms with E-state index in [-0.39, 0.29) is 6.42 Å². The first kappa shape index (κ1) is 5.76. The molecule has 0 aliphatic heterocycles. The molecule has 0 heterocycles. The zero-order valence-corrected chi connectivity index (χ0v) is 3.51. The van der Waals surface area contributed by atoms with Crippen molar-refractivity contribution in [2.75, 3.05) is 0 Å². The molecule has 0 atom stereocenters. The zero-order valence-electron chi connectivity index (χ0n) is 3.51. The van der Waals surface area contributed by atoms with Crippen molar-refractivity contribution in [1.29, 1.82) is 10.7 Å². The normalized spacial score (nSPS) is 6.71. The third-order valence-electron chi connectivity index (χ3n) is 0.357. The first-order valence-electron chi connectivity index (χ1n) is 1.59. The fraction of sp³-hybridized carbons (Fsp3) is 0.333. The third-order valence-corrected chi connectivity index (χ3v) is 0.357. The topological polar surface area (TPSA) is 77.1 Å². The van der Waals surface area contributed by atoms with Crippen LogP contribution in [-0.4, -0.2) is 5.84 Å². The molecule has 0 aliphatic rings. The van der Waals surface area contributed by atoms with Gasteiger partial charge in [0.25, 0.3) is 0 Å². The first-order valence-corrected chi connectivity index (χ1v) is 1.59. The Morgan fingerprint density at radius 3 is 2.71 bits per heavy atom. The lowest BCUT2D eigenvalue weighted by Crippen LogP contribution is -1.83. The molecule has 0 spiro atoms. The lowest BCUT2D eigenvalue weighted by Gasteiger charge is -1.72. The number of hydrogen-bond acceptors (Lipinski definition) is 3. The van der Waals surface area contributed by atoms with E-state index in [0.29, 0.717) is 0 Å². The van der Waals surface area contributed by atoms with Gasteiger partial charge in [0.05, 0.1) is 12.5 Å². The molecule has 0 radical (unpaired) electrons. The van der Waals surface area contributed by atoms with Gasteiger partial charge in [-0.05, 0) is 5.18 Å². The number of nitriles is 1. The maximum Gasteiger partial charge on any atom is 0.179 e. The summed E-state index contributed by atoms with van der Waals surface area (Å²) in [5.41, 5.74) is 0. The van der Waals surface area contributed by atoms with Crippen molar-refractivity contribution in [1.82, 2.24) is 0 Å². The fourth-order valence-electron chi connectivity index (χ4n) is 0.107. The molecule has 0 aromatic rings. The van der Waals surface area contributed by atoms with Crippen LogP contribution in [-0.2, 0) is 0 Å². The third kappa shape index (κ3) is 2.56. The molecule has 4 nitrogen and oxygen atoms in total. The van der Waals surface area contributed by atoms with Gasteiger partial charge in [-0.15, -0.1) is 4.91 Å². The van der Waals surface area contributed by atoms with Crippen molar-refractivity contribution in [2.24, 2.45) is 5.18 Å². The zero-order chi connectivity index (χ0) is 5.70. The maximum atomic E-state index is 9.27. The Labute approximate surface area is 40.2 Å². The number of amidine groups is 1. The quantitative estimate of drug-likeness (QED) is 0.296. The Balaban J connectivity index is 3.42. The molecule has 36 valence electrons. The van der Waals surface area contributed by atoms with Crippen LogP contribution in [0.5, 0.6) is 0 Å². The van der Waals surface area contributed by atoms with Crippen molar-refractivity contribution in [3.8, 4) is 6.07 Å². The van der Waals surface area contributed by atoms with E-state index < -0.39 is 5.84 Å². The van der Waals surface area contributed by atoms with Gasteiger partial charge < -0.3 is 0 Å². The molecule has 4 heteroatoms. The summed E-state index contributed by atoms with van der Waals surface area (Å²) in [7, 11) is 0. The van der Waals surface area contributed by atoms with Crippen molar-refractivity contribution in [2.45, 2.75) is 6.42 Å². The molecule has 0 aromatic heterocycles. The van der Waals surface area contributed by atoms with E-state index in [1.165, 1.54) is 0 Å². The minimum atomic E-state index is -0.414. The molecular formula is C3H3N3O. The minimum absolute atomic E-state index is 0.191. The smallest absolute Gasteiger partial charge is 0.179 e. The summed E-state index contributed by atoms with van der Waals surface area (Å²) in [6.45, 7) is 0. The van der Waals surface area contributed by atoms with Crippen LogP contribution in [0.4, 0.5) is 0 Å². The number of nitroso groups, excluding NO2 is 1. The molecule has 1 N–H and O–H groups in total. The molecule has 0 fully saturated rings. The molecule has 0 unspecified atom stereocenters. The van der Waals surface area contributed by atoms with Crippen LogP contribution in [0.2, 0.25) is 0 Å². The second-order valence-corrected chi connectivity index (χ2v) is 0.873. The van der Waals surface area contributed by atoms with E-state index in [9.17, 15) is 4.91 Å². The van der Waals surface area contributed by atoms with E-state index in [2.05, 4.69) is 5.18 Å². The van der Waals surface area contributed by atoms with Gasteiger partial charge in [-0.1, -0.05) is 0 Å². The van der Waals surface area contributed by atoms with Gasteiger partial charge in [-0.2, -0.15) is 5.26 Å². The van der Waals surface area contributed by atoms with Crippen LogP contribution in [0.25, 0.3) is 0 Å². The molecule has 0 rings (SSSR count). The average Bonchev–Trinajstić information content (AvgIpc) is 1.68. The van der Waals surface area contributed by atoms with Crippen LogP contribution >= 0.6 is 0 Å². The highest BCUT2D eigenvalue weighted by molar-refractivity contribution is 5.81. The SMILES string of the molecule is N#CCC(=N)N=O. The van der Waals surface area contributed by atoms with E-state index in [0.717, 1.165) is 0 Å². The number of nitrogens with zero attached hydrogens (tertiary/aromatic N) is 2. The van der Waals surface area contributed by atoms with Crippen LogP contribution < -0.4 is 0 Å². The Morgan fingerprint density at radius 2 is 2.57 bits per heavy atom. The second kappa shape index (κ2) is 2.97.